The Hall–Kier alpha value is -3.25. The summed E-state index contributed by atoms with van der Waals surface area (Å²) in [7, 11) is 1.54. The molecule has 0 saturated heterocycles. The molecule has 0 aliphatic rings. The molecule has 0 unspecified atom stereocenters. The first kappa shape index (κ1) is 19.1. The molecule has 0 spiro atoms. The van der Waals surface area contributed by atoms with E-state index in [9.17, 15) is 14.0 Å². The van der Waals surface area contributed by atoms with Crippen LogP contribution in [0.2, 0.25) is 0 Å². The Morgan fingerprint density at radius 2 is 1.79 bits per heavy atom. The second kappa shape index (κ2) is 7.64. The van der Waals surface area contributed by atoms with Gasteiger partial charge in [-0.3, -0.25) is 4.79 Å². The van der Waals surface area contributed by atoms with Crippen molar-refractivity contribution in [2.24, 2.45) is 0 Å². The molecule has 4 rings (SSSR count). The van der Waals surface area contributed by atoms with Gasteiger partial charge in [-0.05, 0) is 54.4 Å². The Balaban J connectivity index is 1.84. The minimum Gasteiger partial charge on any atom is -0.496 e. The molecule has 6 heteroatoms. The highest BCUT2D eigenvalue weighted by molar-refractivity contribution is 7.24. The van der Waals surface area contributed by atoms with Gasteiger partial charge < -0.3 is 9.47 Å². The summed E-state index contributed by atoms with van der Waals surface area (Å²) in [6.45, 7) is 1.85. The highest BCUT2D eigenvalue weighted by Gasteiger charge is 2.15. The highest BCUT2D eigenvalue weighted by Crippen LogP contribution is 2.33. The summed E-state index contributed by atoms with van der Waals surface area (Å²) in [6.07, 6.45) is 0. The molecule has 0 atom stereocenters. The van der Waals surface area contributed by atoms with Gasteiger partial charge in [-0.15, -0.1) is 11.3 Å². The summed E-state index contributed by atoms with van der Waals surface area (Å²) >= 11 is 1.47. The topological polar surface area (TPSA) is 52.6 Å². The molecule has 0 N–H and O–H groups in total. The number of esters is 1. The Bertz CT molecular complexity index is 1310. The average Bonchev–Trinajstić information content (AvgIpc) is 2.73. The van der Waals surface area contributed by atoms with E-state index in [1.807, 2.05) is 18.2 Å². The minimum atomic E-state index is -0.686. The van der Waals surface area contributed by atoms with E-state index in [0.29, 0.717) is 22.1 Å². The van der Waals surface area contributed by atoms with Crippen molar-refractivity contribution in [2.45, 2.75) is 6.92 Å². The van der Waals surface area contributed by atoms with Crippen molar-refractivity contribution < 1.29 is 18.7 Å². The van der Waals surface area contributed by atoms with Crippen LogP contribution in [0.1, 0.15) is 17.3 Å². The molecule has 0 bridgehead atoms. The van der Waals surface area contributed by atoms with Gasteiger partial charge in [0.05, 0.1) is 24.7 Å². The lowest BCUT2D eigenvalue weighted by Crippen LogP contribution is -2.07. The van der Waals surface area contributed by atoms with Gasteiger partial charge in [0.25, 0.3) is 0 Å². The third-order valence-electron chi connectivity index (χ3n) is 4.68. The van der Waals surface area contributed by atoms with E-state index < -0.39 is 11.8 Å². The van der Waals surface area contributed by atoms with Crippen molar-refractivity contribution in [1.82, 2.24) is 0 Å². The van der Waals surface area contributed by atoms with Crippen LogP contribution in [0.5, 0.6) is 5.75 Å². The smallest absolute Gasteiger partial charge is 0.341 e. The third kappa shape index (κ3) is 3.36. The number of methoxy groups -OCH3 is 1. The zero-order chi connectivity index (χ0) is 20.5. The van der Waals surface area contributed by atoms with Crippen LogP contribution in [0.15, 0.2) is 59.4 Å². The molecule has 146 valence electrons. The third-order valence-corrected chi connectivity index (χ3v) is 5.80. The predicted molar refractivity (Wildman–Crippen MR) is 114 cm³/mol. The quantitative estimate of drug-likeness (QED) is 0.335. The molecule has 3 aromatic carbocycles. The first-order valence-electron chi connectivity index (χ1n) is 9.04. The normalized spacial score (nSPS) is 11.0. The van der Waals surface area contributed by atoms with Crippen molar-refractivity contribution >= 4 is 37.5 Å². The van der Waals surface area contributed by atoms with E-state index in [1.165, 1.54) is 23.5 Å². The lowest BCUT2D eigenvalue weighted by atomic mass is 10.0. The summed E-state index contributed by atoms with van der Waals surface area (Å²) in [4.78, 5) is 24.8. The molecule has 4 nitrogen and oxygen atoms in total. The number of fused-ring (bicyclic) bond motifs is 2. The van der Waals surface area contributed by atoms with Gasteiger partial charge in [-0.25, -0.2) is 9.18 Å². The monoisotopic (exact) mass is 408 g/mol. The maximum absolute atomic E-state index is 14.4. The molecule has 0 saturated carbocycles. The van der Waals surface area contributed by atoms with E-state index in [1.54, 1.807) is 38.3 Å². The summed E-state index contributed by atoms with van der Waals surface area (Å²) in [6, 6.07) is 15.3. The highest BCUT2D eigenvalue weighted by atomic mass is 32.1. The fourth-order valence-corrected chi connectivity index (χ4v) is 4.42. The fraction of sp³-hybridized carbons (Fsp3) is 0.130. The number of rotatable bonds is 4. The Kier molecular flexibility index (Phi) is 5.03. The number of ether oxygens (including phenoxy) is 2. The van der Waals surface area contributed by atoms with Crippen LogP contribution in [0.3, 0.4) is 0 Å². The molecule has 1 aromatic heterocycles. The van der Waals surface area contributed by atoms with Crippen molar-refractivity contribution in [3.8, 4) is 16.9 Å². The van der Waals surface area contributed by atoms with Crippen LogP contribution in [0.25, 0.3) is 31.3 Å². The molecule has 0 aliphatic heterocycles. The lowest BCUT2D eigenvalue weighted by molar-refractivity contribution is 0.0521. The second-order valence-corrected chi connectivity index (χ2v) is 7.47. The van der Waals surface area contributed by atoms with Gasteiger partial charge >= 0.3 is 5.97 Å². The van der Waals surface area contributed by atoms with Gasteiger partial charge in [-0.1, -0.05) is 18.2 Å². The molecular formula is C23H17FO4S. The molecule has 0 radical (unpaired) electrons. The van der Waals surface area contributed by atoms with Crippen LogP contribution in [-0.2, 0) is 4.74 Å². The maximum atomic E-state index is 14.4. The van der Waals surface area contributed by atoms with Crippen LogP contribution in [0.4, 0.5) is 4.39 Å². The number of halogens is 1. The minimum absolute atomic E-state index is 0.0958. The zero-order valence-electron chi connectivity index (χ0n) is 15.8. The molecule has 0 aliphatic carbocycles. The summed E-state index contributed by atoms with van der Waals surface area (Å²) in [5, 5.41) is 1.14. The predicted octanol–water partition coefficient (Wildman–Crippen LogP) is 5.41. The molecule has 4 aromatic rings. The van der Waals surface area contributed by atoms with Crippen LogP contribution >= 0.6 is 11.3 Å². The molecule has 29 heavy (non-hydrogen) atoms. The zero-order valence-corrected chi connectivity index (χ0v) is 16.6. The van der Waals surface area contributed by atoms with E-state index in [0.717, 1.165) is 15.0 Å². The number of carbonyl (C=O) groups excluding carboxylic acids is 1. The van der Waals surface area contributed by atoms with E-state index in [-0.39, 0.29) is 17.6 Å². The van der Waals surface area contributed by atoms with Crippen LogP contribution in [-0.4, -0.2) is 19.7 Å². The Morgan fingerprint density at radius 3 is 2.52 bits per heavy atom. The van der Waals surface area contributed by atoms with Gasteiger partial charge in [0.1, 0.15) is 11.6 Å². The SMILES string of the molecule is CCOC(=O)c1ccc(-c2ccc3c(=O)c4c(OC)cccc4sc3c2)cc1F. The molecule has 0 amide bonds. The Morgan fingerprint density at radius 1 is 1.03 bits per heavy atom. The standard InChI is InChI=1S/C23H17FO4S/c1-3-28-23(26)15-9-7-13(11-17(15)24)14-8-10-16-20(12-14)29-19-6-4-5-18(27-2)21(19)22(16)25/h4-12H,3H2,1-2H3. The van der Waals surface area contributed by atoms with Crippen molar-refractivity contribution in [2.75, 3.05) is 13.7 Å². The molecular weight excluding hydrogens is 391 g/mol. The van der Waals surface area contributed by atoms with E-state index >= 15 is 0 Å². The molecule has 1 heterocycles. The lowest BCUT2D eigenvalue weighted by Gasteiger charge is -2.09. The summed E-state index contributed by atoms with van der Waals surface area (Å²) in [5.41, 5.74) is 1.17. The number of carbonyl (C=O) groups is 1. The average molecular weight is 408 g/mol. The maximum Gasteiger partial charge on any atom is 0.341 e. The first-order chi connectivity index (χ1) is 14.0. The molecule has 0 fully saturated rings. The van der Waals surface area contributed by atoms with Gasteiger partial charge in [0, 0.05) is 14.8 Å². The first-order valence-corrected chi connectivity index (χ1v) is 9.85. The van der Waals surface area contributed by atoms with Crippen LogP contribution in [0, 0.1) is 5.82 Å². The number of benzene rings is 3. The van der Waals surface area contributed by atoms with E-state index in [2.05, 4.69) is 0 Å². The van der Waals surface area contributed by atoms with E-state index in [4.69, 9.17) is 9.47 Å². The number of hydrogen-bond acceptors (Lipinski definition) is 5. The Labute approximate surface area is 170 Å². The number of hydrogen-bond donors (Lipinski definition) is 0. The van der Waals surface area contributed by atoms with Gasteiger partial charge in [-0.2, -0.15) is 0 Å². The summed E-state index contributed by atoms with van der Waals surface area (Å²) < 4.78 is 26.2. The second-order valence-electron chi connectivity index (χ2n) is 6.39. The van der Waals surface area contributed by atoms with Crippen molar-refractivity contribution in [1.29, 1.82) is 0 Å². The summed E-state index contributed by atoms with van der Waals surface area (Å²) in [5.74, 6) is -0.780. The van der Waals surface area contributed by atoms with Gasteiger partial charge in [0.2, 0.25) is 0 Å². The van der Waals surface area contributed by atoms with Crippen LogP contribution < -0.4 is 10.2 Å². The van der Waals surface area contributed by atoms with Crippen molar-refractivity contribution in [3.63, 3.8) is 0 Å². The van der Waals surface area contributed by atoms with Crippen molar-refractivity contribution in [3.05, 3.63) is 76.2 Å². The fourth-order valence-electron chi connectivity index (χ4n) is 3.29. The largest absolute Gasteiger partial charge is 0.496 e. The van der Waals surface area contributed by atoms with Gasteiger partial charge in [0.15, 0.2) is 5.43 Å².